The molecule has 1 nitrogen and oxygen atoms in total. The van der Waals surface area contributed by atoms with Crippen LogP contribution in [0.4, 0.5) is 0 Å². The minimum absolute atomic E-state index is 0.00743. The van der Waals surface area contributed by atoms with E-state index < -0.39 is 0 Å². The highest BCUT2D eigenvalue weighted by molar-refractivity contribution is 6.30. The lowest BCUT2D eigenvalue weighted by Crippen LogP contribution is -1.87. The Morgan fingerprint density at radius 3 is 2.82 bits per heavy atom. The molecule has 1 radical (unpaired) electrons. The van der Waals surface area contributed by atoms with Crippen molar-refractivity contribution in [2.45, 2.75) is 12.8 Å². The van der Waals surface area contributed by atoms with Gasteiger partial charge in [-0.05, 0) is 30.5 Å². The van der Waals surface area contributed by atoms with Gasteiger partial charge in [0.1, 0.15) is 0 Å². The second kappa shape index (κ2) is 4.37. The number of hydrogen-bond acceptors (Lipinski definition) is 0. The van der Waals surface area contributed by atoms with Gasteiger partial charge in [-0.1, -0.05) is 23.7 Å². The summed E-state index contributed by atoms with van der Waals surface area (Å²) >= 11 is 5.75. The summed E-state index contributed by atoms with van der Waals surface area (Å²) in [7, 11) is 0. The van der Waals surface area contributed by atoms with Crippen molar-refractivity contribution in [3.05, 3.63) is 34.9 Å². The molecule has 0 aliphatic heterocycles. The molecule has 0 fully saturated rings. The van der Waals surface area contributed by atoms with Crippen LogP contribution in [0.1, 0.15) is 12.0 Å². The van der Waals surface area contributed by atoms with Gasteiger partial charge in [0.05, 0.1) is 6.61 Å². The van der Waals surface area contributed by atoms with Gasteiger partial charge in [0, 0.05) is 5.02 Å². The molecule has 0 saturated carbocycles. The summed E-state index contributed by atoms with van der Waals surface area (Å²) in [6.45, 7) is -0.00743. The van der Waals surface area contributed by atoms with Crippen LogP contribution in [0.2, 0.25) is 5.02 Å². The van der Waals surface area contributed by atoms with Crippen molar-refractivity contribution in [3.63, 3.8) is 0 Å². The largest absolute Gasteiger partial charge is 0.237 e. The standard InChI is InChI=1S/C9H10ClO/c10-9-5-1-3-8(7-9)4-2-6-11/h1,3,5,7H,2,4,6H2. The summed E-state index contributed by atoms with van der Waals surface area (Å²) in [4.78, 5) is 0. The Morgan fingerprint density at radius 2 is 2.18 bits per heavy atom. The van der Waals surface area contributed by atoms with Gasteiger partial charge in [0.15, 0.2) is 0 Å². The van der Waals surface area contributed by atoms with Crippen molar-refractivity contribution >= 4 is 11.6 Å². The molecule has 0 aliphatic rings. The van der Waals surface area contributed by atoms with Crippen molar-refractivity contribution in [3.8, 4) is 0 Å². The fourth-order valence-corrected chi connectivity index (χ4v) is 1.18. The Bertz CT molecular complexity index is 223. The molecule has 0 amide bonds. The molecule has 0 aromatic heterocycles. The molecule has 1 rings (SSSR count). The molecular formula is C9H10ClO. The van der Waals surface area contributed by atoms with Gasteiger partial charge in [0.25, 0.3) is 0 Å². The molecule has 0 spiro atoms. The highest BCUT2D eigenvalue weighted by Crippen LogP contribution is 2.11. The number of aryl methyl sites for hydroxylation is 1. The minimum Gasteiger partial charge on any atom is -0.237 e. The first kappa shape index (κ1) is 8.57. The van der Waals surface area contributed by atoms with Gasteiger partial charge in [-0.15, -0.1) is 0 Å². The zero-order valence-electron chi connectivity index (χ0n) is 6.22. The van der Waals surface area contributed by atoms with Crippen molar-refractivity contribution in [1.82, 2.24) is 0 Å². The molecule has 1 aromatic carbocycles. The molecule has 59 valence electrons. The SMILES string of the molecule is [O]CCCc1cccc(Cl)c1. The van der Waals surface area contributed by atoms with E-state index in [1.807, 2.05) is 24.3 Å². The van der Waals surface area contributed by atoms with E-state index in [4.69, 9.17) is 11.6 Å². The maximum atomic E-state index is 10.2. The van der Waals surface area contributed by atoms with Crippen molar-refractivity contribution < 1.29 is 5.11 Å². The quantitative estimate of drug-likeness (QED) is 0.663. The van der Waals surface area contributed by atoms with E-state index in [-0.39, 0.29) is 6.61 Å². The summed E-state index contributed by atoms with van der Waals surface area (Å²) < 4.78 is 0. The molecule has 1 aromatic rings. The molecule has 11 heavy (non-hydrogen) atoms. The molecule has 0 heterocycles. The van der Waals surface area contributed by atoms with Crippen molar-refractivity contribution in [1.29, 1.82) is 0 Å². The summed E-state index contributed by atoms with van der Waals surface area (Å²) in [6, 6.07) is 7.63. The third-order valence-electron chi connectivity index (χ3n) is 1.50. The maximum Gasteiger partial charge on any atom is 0.0825 e. The summed E-state index contributed by atoms with van der Waals surface area (Å²) in [5, 5.41) is 10.9. The van der Waals surface area contributed by atoms with Crippen LogP contribution in [0.25, 0.3) is 0 Å². The van der Waals surface area contributed by atoms with Gasteiger partial charge in [-0.2, -0.15) is 0 Å². The predicted octanol–water partition coefficient (Wildman–Crippen LogP) is 2.70. The zero-order valence-corrected chi connectivity index (χ0v) is 6.97. The topological polar surface area (TPSA) is 19.9 Å². The molecule has 0 N–H and O–H groups in total. The Morgan fingerprint density at radius 1 is 1.36 bits per heavy atom. The Kier molecular flexibility index (Phi) is 3.40. The summed E-state index contributed by atoms with van der Waals surface area (Å²) in [5.74, 6) is 0. The molecule has 0 aliphatic carbocycles. The van der Waals surface area contributed by atoms with E-state index >= 15 is 0 Å². The van der Waals surface area contributed by atoms with Crippen molar-refractivity contribution in [2.75, 3.05) is 6.61 Å². The van der Waals surface area contributed by atoms with Gasteiger partial charge in [-0.3, -0.25) is 0 Å². The smallest absolute Gasteiger partial charge is 0.0825 e. The summed E-state index contributed by atoms with van der Waals surface area (Å²) in [6.07, 6.45) is 1.53. The van der Waals surface area contributed by atoms with Crippen LogP contribution < -0.4 is 0 Å². The minimum atomic E-state index is -0.00743. The number of benzene rings is 1. The van der Waals surface area contributed by atoms with Crippen LogP contribution in [0.5, 0.6) is 0 Å². The van der Waals surface area contributed by atoms with Crippen LogP contribution in [0, 0.1) is 0 Å². The van der Waals surface area contributed by atoms with Crippen LogP contribution in [-0.2, 0) is 11.5 Å². The number of halogens is 1. The van der Waals surface area contributed by atoms with Gasteiger partial charge < -0.3 is 0 Å². The van der Waals surface area contributed by atoms with Crippen molar-refractivity contribution in [2.24, 2.45) is 0 Å². The highest BCUT2D eigenvalue weighted by Gasteiger charge is 1.92. The van der Waals surface area contributed by atoms with E-state index in [9.17, 15) is 5.11 Å². The molecule has 0 saturated heterocycles. The van der Waals surface area contributed by atoms with Crippen LogP contribution in [0.3, 0.4) is 0 Å². The first-order chi connectivity index (χ1) is 5.33. The van der Waals surface area contributed by atoms with E-state index in [1.54, 1.807) is 0 Å². The second-order valence-electron chi connectivity index (χ2n) is 2.44. The van der Waals surface area contributed by atoms with Gasteiger partial charge in [-0.25, -0.2) is 5.11 Å². The maximum absolute atomic E-state index is 10.2. The Labute approximate surface area is 71.6 Å². The number of rotatable bonds is 3. The lowest BCUT2D eigenvalue weighted by molar-refractivity contribution is 0.189. The fourth-order valence-electron chi connectivity index (χ4n) is 0.969. The number of hydrogen-bond donors (Lipinski definition) is 0. The Balaban J connectivity index is 2.56. The predicted molar refractivity (Wildman–Crippen MR) is 45.3 cm³/mol. The first-order valence-electron chi connectivity index (χ1n) is 3.65. The average Bonchev–Trinajstić information content (AvgIpc) is 2.01. The third-order valence-corrected chi connectivity index (χ3v) is 1.73. The zero-order chi connectivity index (χ0) is 8.10. The molecule has 0 unspecified atom stereocenters. The normalized spacial score (nSPS) is 10.0. The highest BCUT2D eigenvalue weighted by atomic mass is 35.5. The molecule has 2 heteroatoms. The van der Waals surface area contributed by atoms with Crippen LogP contribution >= 0.6 is 11.6 Å². The van der Waals surface area contributed by atoms with E-state index in [2.05, 4.69) is 0 Å². The van der Waals surface area contributed by atoms with E-state index in [0.29, 0.717) is 6.42 Å². The summed E-state index contributed by atoms with van der Waals surface area (Å²) in [5.41, 5.74) is 1.15. The van der Waals surface area contributed by atoms with Gasteiger partial charge in [0.2, 0.25) is 0 Å². The lowest BCUT2D eigenvalue weighted by Gasteiger charge is -1.97. The second-order valence-corrected chi connectivity index (χ2v) is 2.87. The third kappa shape index (κ3) is 2.91. The fraction of sp³-hybridized carbons (Fsp3) is 0.333. The lowest BCUT2D eigenvalue weighted by atomic mass is 10.1. The Hall–Kier alpha value is -0.530. The molecule has 0 atom stereocenters. The van der Waals surface area contributed by atoms with E-state index in [0.717, 1.165) is 17.0 Å². The van der Waals surface area contributed by atoms with E-state index in [1.165, 1.54) is 0 Å². The van der Waals surface area contributed by atoms with Crippen LogP contribution in [0.15, 0.2) is 24.3 Å². The van der Waals surface area contributed by atoms with Gasteiger partial charge >= 0.3 is 0 Å². The molecule has 0 bridgehead atoms. The van der Waals surface area contributed by atoms with Crippen LogP contribution in [-0.4, -0.2) is 6.61 Å². The monoisotopic (exact) mass is 169 g/mol. The first-order valence-corrected chi connectivity index (χ1v) is 4.03. The average molecular weight is 170 g/mol. The molecular weight excluding hydrogens is 160 g/mol.